The number of halogens is 1. The quantitative estimate of drug-likeness (QED) is 0.832. The fourth-order valence-corrected chi connectivity index (χ4v) is 4.20. The molecular formula is C20H22ClN3O2. The second kappa shape index (κ2) is 7.25. The minimum absolute atomic E-state index is 0.0193. The number of fused-ring (bicyclic) bond motifs is 3. The van der Waals surface area contributed by atoms with Gasteiger partial charge in [-0.2, -0.15) is 0 Å². The van der Waals surface area contributed by atoms with Crippen molar-refractivity contribution in [3.05, 3.63) is 53.3 Å². The Labute approximate surface area is 158 Å². The molecule has 3 aliphatic rings. The largest absolute Gasteiger partial charge is 0.457 e. The summed E-state index contributed by atoms with van der Waals surface area (Å²) in [4.78, 5) is 19.1. The third-order valence-electron chi connectivity index (χ3n) is 5.53. The van der Waals surface area contributed by atoms with Gasteiger partial charge >= 0.3 is 0 Å². The molecule has 1 N–H and O–H groups in total. The smallest absolute Gasteiger partial charge is 0.251 e. The van der Waals surface area contributed by atoms with E-state index in [9.17, 15) is 4.79 Å². The number of piperidine rings is 3. The van der Waals surface area contributed by atoms with Gasteiger partial charge < -0.3 is 10.1 Å². The average Bonchev–Trinajstić information content (AvgIpc) is 2.65. The van der Waals surface area contributed by atoms with Crippen molar-refractivity contribution < 1.29 is 9.53 Å². The van der Waals surface area contributed by atoms with Crippen LogP contribution in [0, 0.1) is 5.92 Å². The molecule has 1 amide bonds. The zero-order valence-corrected chi connectivity index (χ0v) is 15.4. The van der Waals surface area contributed by atoms with E-state index < -0.39 is 0 Å². The van der Waals surface area contributed by atoms with Crippen LogP contribution in [0.5, 0.6) is 11.5 Å². The van der Waals surface area contributed by atoms with Crippen LogP contribution in [-0.2, 0) is 0 Å². The van der Waals surface area contributed by atoms with Gasteiger partial charge in [-0.05, 0) is 69.1 Å². The topological polar surface area (TPSA) is 54.5 Å². The van der Waals surface area contributed by atoms with Gasteiger partial charge in [0.25, 0.3) is 5.91 Å². The van der Waals surface area contributed by atoms with Gasteiger partial charge in [0.2, 0.25) is 0 Å². The second-order valence-corrected chi connectivity index (χ2v) is 7.44. The summed E-state index contributed by atoms with van der Waals surface area (Å²) < 4.78 is 5.74. The predicted molar refractivity (Wildman–Crippen MR) is 101 cm³/mol. The highest BCUT2D eigenvalue weighted by Gasteiger charge is 2.40. The van der Waals surface area contributed by atoms with Crippen molar-refractivity contribution in [1.82, 2.24) is 15.2 Å². The third kappa shape index (κ3) is 3.55. The number of hydrogen-bond acceptors (Lipinski definition) is 4. The molecule has 6 heteroatoms. The molecule has 0 unspecified atom stereocenters. The molecule has 3 saturated heterocycles. The standard InChI is InChI=1S/C20H22ClN3O2/c1-13-19(14-7-10-24(13)11-8-14)23-20(25)15-2-4-16(5-3-15)26-17-6-9-22-18(21)12-17/h2-6,9,12-14,19H,7-8,10-11H2,1H3,(H,23,25)/t13-,19-/m0/s1. The van der Waals surface area contributed by atoms with Crippen molar-refractivity contribution in [2.24, 2.45) is 5.92 Å². The van der Waals surface area contributed by atoms with E-state index in [4.69, 9.17) is 16.3 Å². The van der Waals surface area contributed by atoms with Gasteiger partial charge in [-0.25, -0.2) is 4.98 Å². The lowest BCUT2D eigenvalue weighted by Gasteiger charge is -2.49. The minimum Gasteiger partial charge on any atom is -0.457 e. The number of ether oxygens (including phenoxy) is 1. The molecule has 1 aromatic carbocycles. The molecule has 2 aromatic rings. The first-order valence-corrected chi connectivity index (χ1v) is 9.42. The van der Waals surface area contributed by atoms with Crippen molar-refractivity contribution in [2.75, 3.05) is 13.1 Å². The van der Waals surface area contributed by atoms with Gasteiger partial charge in [0.05, 0.1) is 0 Å². The molecule has 136 valence electrons. The molecule has 4 heterocycles. The number of amides is 1. The Morgan fingerprint density at radius 2 is 1.92 bits per heavy atom. The minimum atomic E-state index is -0.0193. The summed E-state index contributed by atoms with van der Waals surface area (Å²) in [7, 11) is 0. The first kappa shape index (κ1) is 17.3. The monoisotopic (exact) mass is 371 g/mol. The summed E-state index contributed by atoms with van der Waals surface area (Å²) >= 11 is 5.86. The summed E-state index contributed by atoms with van der Waals surface area (Å²) in [6, 6.07) is 11.2. The van der Waals surface area contributed by atoms with Gasteiger partial charge in [0, 0.05) is 29.9 Å². The Morgan fingerprint density at radius 3 is 2.58 bits per heavy atom. The zero-order chi connectivity index (χ0) is 18.1. The number of aromatic nitrogens is 1. The molecule has 26 heavy (non-hydrogen) atoms. The predicted octanol–water partition coefficient (Wildman–Crippen LogP) is 3.74. The number of hydrogen-bond donors (Lipinski definition) is 1. The number of benzene rings is 1. The number of pyridine rings is 1. The molecule has 0 radical (unpaired) electrons. The Bertz CT molecular complexity index is 786. The van der Waals surface area contributed by atoms with Gasteiger partial charge in [0.15, 0.2) is 0 Å². The van der Waals surface area contributed by atoms with Crippen LogP contribution >= 0.6 is 11.6 Å². The zero-order valence-electron chi connectivity index (χ0n) is 14.7. The van der Waals surface area contributed by atoms with E-state index in [0.717, 1.165) is 13.1 Å². The Hall–Kier alpha value is -2.11. The van der Waals surface area contributed by atoms with Crippen LogP contribution < -0.4 is 10.1 Å². The Balaban J connectivity index is 1.41. The van der Waals surface area contributed by atoms with Crippen LogP contribution in [0.3, 0.4) is 0 Å². The van der Waals surface area contributed by atoms with Gasteiger partial charge in [-0.1, -0.05) is 11.6 Å². The molecule has 2 bridgehead atoms. The maximum Gasteiger partial charge on any atom is 0.251 e. The number of carbonyl (C=O) groups excluding carboxylic acids is 1. The molecule has 0 saturated carbocycles. The first-order valence-electron chi connectivity index (χ1n) is 9.04. The van der Waals surface area contributed by atoms with E-state index in [0.29, 0.717) is 34.2 Å². The fourth-order valence-electron chi connectivity index (χ4n) is 4.04. The molecule has 2 atom stereocenters. The third-order valence-corrected chi connectivity index (χ3v) is 5.73. The SMILES string of the molecule is C[C@H]1[C@H](NC(=O)c2ccc(Oc3ccnc(Cl)c3)cc2)C2CCN1CC2. The molecule has 1 aromatic heterocycles. The highest BCUT2D eigenvalue weighted by molar-refractivity contribution is 6.29. The Kier molecular flexibility index (Phi) is 4.83. The number of nitrogens with one attached hydrogen (secondary N) is 1. The van der Waals surface area contributed by atoms with Crippen molar-refractivity contribution in [3.8, 4) is 11.5 Å². The molecule has 5 rings (SSSR count). The van der Waals surface area contributed by atoms with E-state index in [1.165, 1.54) is 12.8 Å². The second-order valence-electron chi connectivity index (χ2n) is 7.05. The summed E-state index contributed by atoms with van der Waals surface area (Å²) in [6.45, 7) is 4.53. The van der Waals surface area contributed by atoms with Crippen molar-refractivity contribution >= 4 is 17.5 Å². The Morgan fingerprint density at radius 1 is 1.19 bits per heavy atom. The van der Waals surface area contributed by atoms with Crippen molar-refractivity contribution in [1.29, 1.82) is 0 Å². The molecule has 0 aliphatic carbocycles. The maximum atomic E-state index is 12.7. The van der Waals surface area contributed by atoms with E-state index >= 15 is 0 Å². The molecule has 3 aliphatic heterocycles. The summed E-state index contributed by atoms with van der Waals surface area (Å²) in [5.74, 6) is 1.84. The van der Waals surface area contributed by atoms with Crippen molar-refractivity contribution in [2.45, 2.75) is 31.8 Å². The highest BCUT2D eigenvalue weighted by Crippen LogP contribution is 2.32. The highest BCUT2D eigenvalue weighted by atomic mass is 35.5. The van der Waals surface area contributed by atoms with Crippen LogP contribution in [0.25, 0.3) is 0 Å². The van der Waals surface area contributed by atoms with Crippen LogP contribution in [0.4, 0.5) is 0 Å². The normalized spacial score (nSPS) is 27.2. The number of carbonyl (C=O) groups is 1. The lowest BCUT2D eigenvalue weighted by molar-refractivity contribution is 0.0217. The van der Waals surface area contributed by atoms with Crippen molar-refractivity contribution in [3.63, 3.8) is 0 Å². The molecule has 0 spiro atoms. The van der Waals surface area contributed by atoms with Crippen LogP contribution in [0.2, 0.25) is 5.15 Å². The van der Waals surface area contributed by atoms with Gasteiger partial charge in [0.1, 0.15) is 16.7 Å². The van der Waals surface area contributed by atoms with Crippen LogP contribution in [0.1, 0.15) is 30.1 Å². The molecular weight excluding hydrogens is 350 g/mol. The van der Waals surface area contributed by atoms with Gasteiger partial charge in [-0.15, -0.1) is 0 Å². The summed E-state index contributed by atoms with van der Waals surface area (Å²) in [5.41, 5.74) is 0.647. The number of nitrogens with zero attached hydrogens (tertiary/aromatic N) is 2. The lowest BCUT2D eigenvalue weighted by atomic mass is 9.79. The van der Waals surface area contributed by atoms with E-state index in [1.807, 2.05) is 0 Å². The summed E-state index contributed by atoms with van der Waals surface area (Å²) in [6.07, 6.45) is 3.95. The molecule has 5 nitrogen and oxygen atoms in total. The lowest BCUT2D eigenvalue weighted by Crippen LogP contribution is -2.62. The maximum absolute atomic E-state index is 12.7. The van der Waals surface area contributed by atoms with E-state index in [1.54, 1.807) is 42.6 Å². The average molecular weight is 372 g/mol. The van der Waals surface area contributed by atoms with E-state index in [2.05, 4.69) is 22.1 Å². The molecule has 3 fully saturated rings. The van der Waals surface area contributed by atoms with Crippen LogP contribution in [-0.4, -0.2) is 41.0 Å². The van der Waals surface area contributed by atoms with E-state index in [-0.39, 0.29) is 11.9 Å². The number of rotatable bonds is 4. The fraction of sp³-hybridized carbons (Fsp3) is 0.400. The van der Waals surface area contributed by atoms with Gasteiger partial charge in [-0.3, -0.25) is 9.69 Å². The first-order chi connectivity index (χ1) is 12.6. The van der Waals surface area contributed by atoms with Crippen LogP contribution in [0.15, 0.2) is 42.6 Å². The summed E-state index contributed by atoms with van der Waals surface area (Å²) in [5, 5.41) is 3.63.